The monoisotopic (exact) mass is 336 g/mol. The fourth-order valence-electron chi connectivity index (χ4n) is 0.976. The van der Waals surface area contributed by atoms with Crippen molar-refractivity contribution in [2.24, 2.45) is 0 Å². The zero-order chi connectivity index (χ0) is 10.1. The second-order valence-electron chi connectivity index (χ2n) is 2.49. The number of nitrogens with zero attached hydrogens (tertiary/aromatic N) is 2. The standard InChI is InChI=1S/C8H3Br2FN2S/c9-4-1-2-6(11)5(3-4)7-12-8(10)13-14-7/h1-3H. The van der Waals surface area contributed by atoms with Crippen LogP contribution < -0.4 is 0 Å². The number of rotatable bonds is 1. The van der Waals surface area contributed by atoms with Crippen molar-refractivity contribution in [3.63, 3.8) is 0 Å². The lowest BCUT2D eigenvalue weighted by Crippen LogP contribution is -1.82. The number of hydrogen-bond acceptors (Lipinski definition) is 3. The van der Waals surface area contributed by atoms with E-state index in [1.165, 1.54) is 6.07 Å². The highest BCUT2D eigenvalue weighted by Crippen LogP contribution is 2.28. The van der Waals surface area contributed by atoms with E-state index < -0.39 is 0 Å². The average molecular weight is 338 g/mol. The van der Waals surface area contributed by atoms with Gasteiger partial charge in [-0.25, -0.2) is 9.37 Å². The summed E-state index contributed by atoms with van der Waals surface area (Å²) < 4.78 is 18.6. The molecule has 14 heavy (non-hydrogen) atoms. The van der Waals surface area contributed by atoms with Crippen molar-refractivity contribution in [3.8, 4) is 10.6 Å². The van der Waals surface area contributed by atoms with E-state index in [0.29, 0.717) is 15.3 Å². The van der Waals surface area contributed by atoms with Crippen molar-refractivity contribution < 1.29 is 4.39 Å². The molecule has 0 radical (unpaired) electrons. The van der Waals surface area contributed by atoms with Crippen molar-refractivity contribution in [2.75, 3.05) is 0 Å². The third-order valence-electron chi connectivity index (χ3n) is 1.56. The molecule has 0 saturated carbocycles. The van der Waals surface area contributed by atoms with Crippen molar-refractivity contribution >= 4 is 43.4 Å². The first-order valence-electron chi connectivity index (χ1n) is 3.61. The average Bonchev–Trinajstić information content (AvgIpc) is 2.56. The Balaban J connectivity index is 2.55. The summed E-state index contributed by atoms with van der Waals surface area (Å²) in [5, 5.41) is 0.565. The summed E-state index contributed by atoms with van der Waals surface area (Å²) in [5.74, 6) is -0.295. The fourth-order valence-corrected chi connectivity index (χ4v) is 2.43. The van der Waals surface area contributed by atoms with Gasteiger partial charge in [0.15, 0.2) is 0 Å². The lowest BCUT2D eigenvalue weighted by atomic mass is 10.2. The molecular weight excluding hydrogens is 335 g/mol. The molecule has 2 aromatic rings. The van der Waals surface area contributed by atoms with E-state index in [4.69, 9.17) is 0 Å². The molecule has 0 aliphatic heterocycles. The van der Waals surface area contributed by atoms with E-state index >= 15 is 0 Å². The van der Waals surface area contributed by atoms with E-state index in [0.717, 1.165) is 16.0 Å². The quantitative estimate of drug-likeness (QED) is 0.789. The second kappa shape index (κ2) is 4.04. The molecule has 0 N–H and O–H groups in total. The molecule has 72 valence electrons. The Kier molecular flexibility index (Phi) is 2.94. The SMILES string of the molecule is Fc1ccc(Br)cc1-c1nc(Br)ns1. The topological polar surface area (TPSA) is 25.8 Å². The van der Waals surface area contributed by atoms with Crippen LogP contribution in [0.4, 0.5) is 4.39 Å². The smallest absolute Gasteiger partial charge is 0.209 e. The third-order valence-corrected chi connectivity index (χ3v) is 3.39. The molecule has 0 bridgehead atoms. The summed E-state index contributed by atoms with van der Waals surface area (Å²) in [5.41, 5.74) is 0.461. The van der Waals surface area contributed by atoms with Gasteiger partial charge in [0.2, 0.25) is 4.73 Å². The zero-order valence-corrected chi connectivity index (χ0v) is 10.7. The molecule has 0 unspecified atom stereocenters. The molecule has 0 atom stereocenters. The van der Waals surface area contributed by atoms with Crippen LogP contribution in [0.5, 0.6) is 0 Å². The van der Waals surface area contributed by atoms with Crippen molar-refractivity contribution in [2.45, 2.75) is 0 Å². The molecule has 0 aliphatic carbocycles. The largest absolute Gasteiger partial charge is 0.209 e. The lowest BCUT2D eigenvalue weighted by Gasteiger charge is -1.98. The van der Waals surface area contributed by atoms with Crippen LogP contribution in [-0.2, 0) is 0 Å². The van der Waals surface area contributed by atoms with Crippen molar-refractivity contribution in [1.29, 1.82) is 0 Å². The van der Waals surface area contributed by atoms with Crippen LogP contribution in [0.3, 0.4) is 0 Å². The molecule has 6 heteroatoms. The van der Waals surface area contributed by atoms with Gasteiger partial charge in [0.1, 0.15) is 10.8 Å². The predicted molar refractivity (Wildman–Crippen MR) is 60.7 cm³/mol. The Morgan fingerprint density at radius 3 is 2.71 bits per heavy atom. The van der Waals surface area contributed by atoms with E-state index in [-0.39, 0.29) is 5.82 Å². The predicted octanol–water partition coefficient (Wildman–Crippen LogP) is 3.87. The molecule has 1 aromatic heterocycles. The molecule has 0 fully saturated rings. The Labute approximate surface area is 101 Å². The molecule has 2 rings (SSSR count). The molecule has 1 aromatic carbocycles. The van der Waals surface area contributed by atoms with Gasteiger partial charge in [-0.05, 0) is 45.7 Å². The molecule has 0 aliphatic rings. The first-order chi connectivity index (χ1) is 6.66. The van der Waals surface area contributed by atoms with Crippen molar-refractivity contribution in [3.05, 3.63) is 33.2 Å². The first kappa shape index (κ1) is 10.2. The fraction of sp³-hybridized carbons (Fsp3) is 0. The number of benzene rings is 1. The molecule has 0 saturated heterocycles. The maximum Gasteiger partial charge on any atom is 0.209 e. The van der Waals surface area contributed by atoms with Crippen LogP contribution in [0.2, 0.25) is 0 Å². The molecule has 2 nitrogen and oxygen atoms in total. The van der Waals surface area contributed by atoms with Crippen LogP contribution in [0.1, 0.15) is 0 Å². The van der Waals surface area contributed by atoms with E-state index in [1.54, 1.807) is 12.1 Å². The van der Waals surface area contributed by atoms with Crippen molar-refractivity contribution in [1.82, 2.24) is 9.36 Å². The summed E-state index contributed by atoms with van der Waals surface area (Å²) in [6, 6.07) is 4.73. The normalized spacial score (nSPS) is 10.5. The van der Waals surface area contributed by atoms with Gasteiger partial charge >= 0.3 is 0 Å². The van der Waals surface area contributed by atoms with Gasteiger partial charge in [-0.15, -0.1) is 0 Å². The summed E-state index contributed by atoms with van der Waals surface area (Å²) in [6.07, 6.45) is 0. The van der Waals surface area contributed by atoms with Gasteiger partial charge in [0.25, 0.3) is 0 Å². The number of aromatic nitrogens is 2. The van der Waals surface area contributed by atoms with Crippen LogP contribution in [0.15, 0.2) is 27.4 Å². The second-order valence-corrected chi connectivity index (χ2v) is 4.87. The first-order valence-corrected chi connectivity index (χ1v) is 5.97. The molecule has 1 heterocycles. The lowest BCUT2D eigenvalue weighted by molar-refractivity contribution is 0.631. The summed E-state index contributed by atoms with van der Waals surface area (Å²) in [7, 11) is 0. The summed E-state index contributed by atoms with van der Waals surface area (Å²) >= 11 is 7.56. The Hall–Kier alpha value is -0.330. The third kappa shape index (κ3) is 2.02. The van der Waals surface area contributed by atoms with E-state index in [1.807, 2.05) is 0 Å². The minimum absolute atomic E-state index is 0.295. The highest BCUT2D eigenvalue weighted by atomic mass is 79.9. The number of hydrogen-bond donors (Lipinski definition) is 0. The van der Waals surface area contributed by atoms with Gasteiger partial charge < -0.3 is 0 Å². The maximum atomic E-state index is 13.4. The van der Waals surface area contributed by atoms with Gasteiger partial charge in [0.05, 0.1) is 0 Å². The molecular formula is C8H3Br2FN2S. The van der Waals surface area contributed by atoms with Crippen LogP contribution >= 0.6 is 43.4 Å². The van der Waals surface area contributed by atoms with E-state index in [9.17, 15) is 4.39 Å². The molecule has 0 amide bonds. The minimum atomic E-state index is -0.295. The highest BCUT2D eigenvalue weighted by Gasteiger charge is 2.10. The van der Waals surface area contributed by atoms with E-state index in [2.05, 4.69) is 41.2 Å². The van der Waals surface area contributed by atoms with Crippen LogP contribution in [-0.4, -0.2) is 9.36 Å². The Morgan fingerprint density at radius 1 is 1.29 bits per heavy atom. The zero-order valence-electron chi connectivity index (χ0n) is 6.67. The number of halogens is 3. The maximum absolute atomic E-state index is 13.4. The van der Waals surface area contributed by atoms with Gasteiger partial charge in [-0.2, -0.15) is 4.37 Å². The Bertz CT molecular complexity index is 472. The van der Waals surface area contributed by atoms with Crippen LogP contribution in [0, 0.1) is 5.82 Å². The molecule has 0 spiro atoms. The van der Waals surface area contributed by atoms with Gasteiger partial charge in [-0.3, -0.25) is 0 Å². The van der Waals surface area contributed by atoms with Gasteiger partial charge in [0, 0.05) is 10.0 Å². The van der Waals surface area contributed by atoms with Gasteiger partial charge in [-0.1, -0.05) is 15.9 Å². The Morgan fingerprint density at radius 2 is 2.07 bits per heavy atom. The summed E-state index contributed by atoms with van der Waals surface area (Å²) in [6.45, 7) is 0. The highest BCUT2D eigenvalue weighted by molar-refractivity contribution is 9.10. The summed E-state index contributed by atoms with van der Waals surface area (Å²) in [4.78, 5) is 4.05. The minimum Gasteiger partial charge on any atom is -0.209 e. The van der Waals surface area contributed by atoms with Crippen LogP contribution in [0.25, 0.3) is 10.6 Å².